The molecule has 2 atom stereocenters. The fourth-order valence-electron chi connectivity index (χ4n) is 6.26. The van der Waals surface area contributed by atoms with Crippen LogP contribution in [0.2, 0.25) is 0 Å². The van der Waals surface area contributed by atoms with Crippen LogP contribution in [-0.2, 0) is 24.4 Å². The molecule has 2 heterocycles. The highest BCUT2D eigenvalue weighted by molar-refractivity contribution is 5.81. The first kappa shape index (κ1) is 28.6. The molecule has 0 bridgehead atoms. The highest BCUT2D eigenvalue weighted by Gasteiger charge is 2.40. The number of ether oxygens (including phenoxy) is 5. The van der Waals surface area contributed by atoms with Crippen molar-refractivity contribution in [3.05, 3.63) is 113 Å². The van der Waals surface area contributed by atoms with Crippen molar-refractivity contribution in [3.8, 4) is 28.7 Å². The van der Waals surface area contributed by atoms with E-state index in [0.717, 1.165) is 41.0 Å². The molecule has 0 amide bonds. The molecule has 2 aliphatic heterocycles. The summed E-state index contributed by atoms with van der Waals surface area (Å²) in [5.41, 5.74) is 5.44. The Hall–Kier alpha value is -4.49. The van der Waals surface area contributed by atoms with Gasteiger partial charge in [-0.05, 0) is 58.5 Å². The quantitative estimate of drug-likeness (QED) is 0.203. The zero-order valence-electron chi connectivity index (χ0n) is 24.9. The summed E-state index contributed by atoms with van der Waals surface area (Å²) in [5, 5.41) is 0. The van der Waals surface area contributed by atoms with E-state index in [-0.39, 0.29) is 17.9 Å². The van der Waals surface area contributed by atoms with Crippen molar-refractivity contribution >= 4 is 5.78 Å². The molecule has 43 heavy (non-hydrogen) atoms. The third-order valence-corrected chi connectivity index (χ3v) is 8.39. The van der Waals surface area contributed by atoms with Crippen molar-refractivity contribution in [1.82, 2.24) is 4.90 Å². The highest BCUT2D eigenvalue weighted by Crippen LogP contribution is 2.49. The molecule has 0 aromatic heterocycles. The summed E-state index contributed by atoms with van der Waals surface area (Å²) in [6.07, 6.45) is 1.72. The van der Waals surface area contributed by atoms with Crippen LogP contribution < -0.4 is 23.7 Å². The van der Waals surface area contributed by atoms with Crippen molar-refractivity contribution in [2.24, 2.45) is 0 Å². The first-order chi connectivity index (χ1) is 21.1. The zero-order chi connectivity index (χ0) is 29.8. The maximum absolute atomic E-state index is 13.3. The second-order valence-electron chi connectivity index (χ2n) is 11.0. The van der Waals surface area contributed by atoms with Crippen LogP contribution in [0.1, 0.15) is 52.7 Å². The Morgan fingerprint density at radius 1 is 0.674 bits per heavy atom. The number of hydrogen-bond acceptors (Lipinski definition) is 7. The molecule has 0 spiro atoms. The number of nitrogens with zero attached hydrogens (tertiary/aromatic N) is 1. The number of carbonyl (C=O) groups excluding carboxylic acids is 1. The van der Waals surface area contributed by atoms with Gasteiger partial charge in [-0.15, -0.1) is 0 Å². The van der Waals surface area contributed by atoms with Gasteiger partial charge in [0.2, 0.25) is 5.75 Å². The SMILES string of the molecule is COc1cc([C@@H]2CC(=O)C[C@H]3c4cc(OCc5ccccc5)c(OCc5ccccc5)cc4CCN23)cc(OC)c1OC. The molecule has 4 aromatic carbocycles. The lowest BCUT2D eigenvalue weighted by Crippen LogP contribution is -2.43. The second kappa shape index (κ2) is 12.8. The van der Waals surface area contributed by atoms with Crippen LogP contribution in [0.25, 0.3) is 0 Å². The van der Waals surface area contributed by atoms with E-state index in [1.807, 2.05) is 60.7 Å². The molecule has 6 rings (SSSR count). The molecule has 222 valence electrons. The topological polar surface area (TPSA) is 66.5 Å². The average molecular weight is 580 g/mol. The van der Waals surface area contributed by atoms with E-state index in [1.54, 1.807) is 21.3 Å². The lowest BCUT2D eigenvalue weighted by molar-refractivity contribution is -0.126. The molecule has 0 aliphatic carbocycles. The van der Waals surface area contributed by atoms with Gasteiger partial charge in [-0.3, -0.25) is 9.69 Å². The summed E-state index contributed by atoms with van der Waals surface area (Å²) in [7, 11) is 4.82. The monoisotopic (exact) mass is 579 g/mol. The normalized spacial score (nSPS) is 17.9. The molecule has 1 fully saturated rings. The van der Waals surface area contributed by atoms with Gasteiger partial charge in [0.1, 0.15) is 19.0 Å². The lowest BCUT2D eigenvalue weighted by Gasteiger charge is -2.45. The molecule has 0 unspecified atom stereocenters. The standard InChI is InChI=1S/C36H37NO6/c1-39-34-17-27(18-35(40-2)36(34)41-3)30-19-28(38)20-31-29-21-33(43-23-25-12-8-5-9-13-25)32(16-26(29)14-15-37(30)31)42-22-24-10-6-4-7-11-24/h4-13,16-18,21,30-31H,14-15,19-20,22-23H2,1-3H3/t30-,31-/m0/s1. The Kier molecular flexibility index (Phi) is 8.52. The Morgan fingerprint density at radius 3 is 1.79 bits per heavy atom. The molecule has 2 aliphatic rings. The van der Waals surface area contributed by atoms with Gasteiger partial charge in [0.05, 0.1) is 21.3 Å². The smallest absolute Gasteiger partial charge is 0.203 e. The van der Waals surface area contributed by atoms with Crippen LogP contribution in [0.15, 0.2) is 84.9 Å². The summed E-state index contributed by atoms with van der Waals surface area (Å²) in [5.74, 6) is 3.34. The van der Waals surface area contributed by atoms with Crippen molar-refractivity contribution in [1.29, 1.82) is 0 Å². The van der Waals surface area contributed by atoms with Gasteiger partial charge in [0, 0.05) is 31.5 Å². The van der Waals surface area contributed by atoms with Crippen molar-refractivity contribution in [2.45, 2.75) is 44.6 Å². The molecule has 0 radical (unpaired) electrons. The molecule has 7 heteroatoms. The number of fused-ring (bicyclic) bond motifs is 3. The van der Waals surface area contributed by atoms with E-state index in [1.165, 1.54) is 5.56 Å². The van der Waals surface area contributed by atoms with Gasteiger partial charge < -0.3 is 23.7 Å². The van der Waals surface area contributed by atoms with Crippen LogP contribution >= 0.6 is 0 Å². The summed E-state index contributed by atoms with van der Waals surface area (Å²) in [6, 6.07) is 28.2. The summed E-state index contributed by atoms with van der Waals surface area (Å²) in [4.78, 5) is 15.7. The van der Waals surface area contributed by atoms with E-state index >= 15 is 0 Å². The molecular formula is C36H37NO6. The molecular weight excluding hydrogens is 542 g/mol. The van der Waals surface area contributed by atoms with Crippen molar-refractivity contribution in [2.75, 3.05) is 27.9 Å². The third-order valence-electron chi connectivity index (χ3n) is 8.39. The Labute approximate surface area is 252 Å². The van der Waals surface area contributed by atoms with E-state index in [2.05, 4.69) is 29.2 Å². The van der Waals surface area contributed by atoms with Gasteiger partial charge in [-0.25, -0.2) is 0 Å². The van der Waals surface area contributed by atoms with Gasteiger partial charge >= 0.3 is 0 Å². The Bertz CT molecular complexity index is 1550. The van der Waals surface area contributed by atoms with Gasteiger partial charge in [0.15, 0.2) is 23.0 Å². The molecule has 7 nitrogen and oxygen atoms in total. The molecule has 4 aromatic rings. The molecule has 1 saturated heterocycles. The largest absolute Gasteiger partial charge is 0.493 e. The third kappa shape index (κ3) is 6.04. The Morgan fingerprint density at radius 2 is 1.23 bits per heavy atom. The van der Waals surface area contributed by atoms with Gasteiger partial charge in [0.25, 0.3) is 0 Å². The summed E-state index contributed by atoms with van der Waals surface area (Å²) < 4.78 is 29.6. The van der Waals surface area contributed by atoms with Crippen molar-refractivity contribution < 1.29 is 28.5 Å². The minimum Gasteiger partial charge on any atom is -0.493 e. The predicted molar refractivity (Wildman–Crippen MR) is 164 cm³/mol. The number of piperidine rings is 1. The Balaban J connectivity index is 1.34. The number of ketones is 1. The fourth-order valence-corrected chi connectivity index (χ4v) is 6.26. The van der Waals surface area contributed by atoms with Gasteiger partial charge in [-0.1, -0.05) is 60.7 Å². The number of methoxy groups -OCH3 is 3. The first-order valence-electron chi connectivity index (χ1n) is 14.7. The number of carbonyl (C=O) groups is 1. The fraction of sp³-hybridized carbons (Fsp3) is 0.306. The van der Waals surface area contributed by atoms with E-state index in [9.17, 15) is 4.79 Å². The lowest BCUT2D eigenvalue weighted by atomic mass is 9.81. The van der Waals surface area contributed by atoms with Crippen LogP contribution in [-0.4, -0.2) is 38.6 Å². The second-order valence-corrected chi connectivity index (χ2v) is 11.0. The number of Topliss-reactive ketones (excluding diaryl/α,β-unsaturated/α-hetero) is 1. The highest BCUT2D eigenvalue weighted by atomic mass is 16.5. The maximum atomic E-state index is 13.3. The number of hydrogen-bond donors (Lipinski definition) is 0. The predicted octanol–water partition coefficient (Wildman–Crippen LogP) is 6.87. The first-order valence-corrected chi connectivity index (χ1v) is 14.7. The van der Waals surface area contributed by atoms with E-state index in [4.69, 9.17) is 23.7 Å². The average Bonchev–Trinajstić information content (AvgIpc) is 3.05. The zero-order valence-corrected chi connectivity index (χ0v) is 24.9. The van der Waals surface area contributed by atoms with Crippen LogP contribution in [0.4, 0.5) is 0 Å². The maximum Gasteiger partial charge on any atom is 0.203 e. The van der Waals surface area contributed by atoms with E-state index < -0.39 is 0 Å². The molecule has 0 saturated carbocycles. The van der Waals surface area contributed by atoms with Crippen LogP contribution in [0, 0.1) is 0 Å². The number of benzene rings is 4. The van der Waals surface area contributed by atoms with Crippen LogP contribution in [0.5, 0.6) is 28.7 Å². The van der Waals surface area contributed by atoms with Gasteiger partial charge in [-0.2, -0.15) is 0 Å². The minimum atomic E-state index is -0.115. The van der Waals surface area contributed by atoms with E-state index in [0.29, 0.717) is 49.1 Å². The summed E-state index contributed by atoms with van der Waals surface area (Å²) in [6.45, 7) is 1.68. The van der Waals surface area contributed by atoms with Crippen molar-refractivity contribution in [3.63, 3.8) is 0 Å². The summed E-state index contributed by atoms with van der Waals surface area (Å²) >= 11 is 0. The minimum absolute atomic E-state index is 0.0728. The number of rotatable bonds is 10. The molecule has 0 N–H and O–H groups in total. The van der Waals surface area contributed by atoms with Crippen LogP contribution in [0.3, 0.4) is 0 Å².